The number of phenolic OH excluding ortho intramolecular Hbond substituents is 1. The number of phenols is 1. The third-order valence-electron chi connectivity index (χ3n) is 3.19. The van der Waals surface area contributed by atoms with Gasteiger partial charge in [-0.1, -0.05) is 35.3 Å². The van der Waals surface area contributed by atoms with Crippen LogP contribution in [0, 0.1) is 0 Å². The molecule has 1 aromatic carbocycles. The molecular formula is C16H16Cl2N2O3. The summed E-state index contributed by atoms with van der Waals surface area (Å²) in [6, 6.07) is 9.18. The van der Waals surface area contributed by atoms with Gasteiger partial charge in [0.2, 0.25) is 0 Å². The van der Waals surface area contributed by atoms with E-state index in [4.69, 9.17) is 33.7 Å². The van der Waals surface area contributed by atoms with Gasteiger partial charge in [-0.25, -0.2) is 4.98 Å². The quantitative estimate of drug-likeness (QED) is 0.614. The van der Waals surface area contributed by atoms with E-state index in [0.29, 0.717) is 18.4 Å². The normalized spacial score (nSPS) is 12.0. The van der Waals surface area contributed by atoms with Crippen molar-refractivity contribution in [2.45, 2.75) is 25.5 Å². The van der Waals surface area contributed by atoms with Crippen LogP contribution in [0.3, 0.4) is 0 Å². The minimum Gasteiger partial charge on any atom is -0.508 e. The van der Waals surface area contributed by atoms with Crippen molar-refractivity contribution in [2.75, 3.05) is 0 Å². The Morgan fingerprint density at radius 3 is 2.39 bits per heavy atom. The van der Waals surface area contributed by atoms with Gasteiger partial charge in [-0.05, 0) is 48.2 Å². The van der Waals surface area contributed by atoms with E-state index in [9.17, 15) is 9.90 Å². The second kappa shape index (κ2) is 8.15. The van der Waals surface area contributed by atoms with E-state index < -0.39 is 12.0 Å². The summed E-state index contributed by atoms with van der Waals surface area (Å²) in [5.41, 5.74) is 7.46. The summed E-state index contributed by atoms with van der Waals surface area (Å²) in [7, 11) is 0. The maximum absolute atomic E-state index is 11.9. The zero-order valence-electron chi connectivity index (χ0n) is 12.2. The van der Waals surface area contributed by atoms with Gasteiger partial charge in [0.15, 0.2) is 0 Å². The van der Waals surface area contributed by atoms with Gasteiger partial charge in [-0.3, -0.25) is 4.79 Å². The highest BCUT2D eigenvalue weighted by atomic mass is 35.5. The number of ether oxygens (including phenoxy) is 1. The fraction of sp³-hybridized carbons (Fsp3) is 0.250. The van der Waals surface area contributed by atoms with Crippen LogP contribution >= 0.6 is 23.2 Å². The zero-order valence-corrected chi connectivity index (χ0v) is 13.7. The van der Waals surface area contributed by atoms with Crippen molar-refractivity contribution in [3.63, 3.8) is 0 Å². The van der Waals surface area contributed by atoms with E-state index in [-0.39, 0.29) is 22.7 Å². The van der Waals surface area contributed by atoms with Crippen molar-refractivity contribution >= 4 is 29.2 Å². The van der Waals surface area contributed by atoms with E-state index in [2.05, 4.69) is 4.98 Å². The predicted molar refractivity (Wildman–Crippen MR) is 88.5 cm³/mol. The first-order valence-corrected chi connectivity index (χ1v) is 7.72. The van der Waals surface area contributed by atoms with Gasteiger partial charge in [-0.2, -0.15) is 0 Å². The molecule has 0 aliphatic carbocycles. The van der Waals surface area contributed by atoms with E-state index in [1.807, 2.05) is 0 Å². The largest absolute Gasteiger partial charge is 0.508 e. The number of carbonyl (C=O) groups excluding carboxylic acids is 1. The molecule has 5 nitrogen and oxygen atoms in total. The van der Waals surface area contributed by atoms with Crippen molar-refractivity contribution in [1.29, 1.82) is 0 Å². The Kier molecular flexibility index (Phi) is 6.21. The van der Waals surface area contributed by atoms with Crippen LogP contribution in [0.25, 0.3) is 0 Å². The second-order valence-electron chi connectivity index (χ2n) is 5.04. The fourth-order valence-electron chi connectivity index (χ4n) is 1.96. The van der Waals surface area contributed by atoms with Gasteiger partial charge in [0, 0.05) is 0 Å². The first kappa shape index (κ1) is 17.5. The topological polar surface area (TPSA) is 85.4 Å². The van der Waals surface area contributed by atoms with E-state index >= 15 is 0 Å². The molecule has 7 heteroatoms. The van der Waals surface area contributed by atoms with Crippen molar-refractivity contribution in [3.8, 4) is 5.75 Å². The highest BCUT2D eigenvalue weighted by Crippen LogP contribution is 2.16. The Bertz CT molecular complexity index is 657. The van der Waals surface area contributed by atoms with Crippen molar-refractivity contribution in [1.82, 2.24) is 4.98 Å². The molecule has 0 unspecified atom stereocenters. The summed E-state index contributed by atoms with van der Waals surface area (Å²) in [5, 5.41) is 9.69. The molecule has 0 fully saturated rings. The molecule has 1 atom stereocenters. The van der Waals surface area contributed by atoms with Crippen LogP contribution in [0.4, 0.5) is 0 Å². The molecule has 1 aromatic heterocycles. The molecule has 0 saturated heterocycles. The number of benzene rings is 1. The third-order valence-corrected chi connectivity index (χ3v) is 3.57. The molecule has 0 amide bonds. The van der Waals surface area contributed by atoms with Crippen LogP contribution in [0.1, 0.15) is 17.5 Å². The minimum absolute atomic E-state index is 0.0354. The Labute approximate surface area is 144 Å². The lowest BCUT2D eigenvalue weighted by molar-refractivity contribution is -0.146. The zero-order chi connectivity index (χ0) is 16.8. The Balaban J connectivity index is 1.81. The van der Waals surface area contributed by atoms with Crippen LogP contribution in [-0.4, -0.2) is 22.1 Å². The molecule has 0 aliphatic rings. The highest BCUT2D eigenvalue weighted by Gasteiger charge is 2.15. The SMILES string of the molecule is N[C@@H](CCc1ccc(O)cc1)C(=O)OCc1cc(Cl)nc(Cl)c1. The van der Waals surface area contributed by atoms with Gasteiger partial charge >= 0.3 is 5.97 Å². The Morgan fingerprint density at radius 2 is 1.78 bits per heavy atom. The summed E-state index contributed by atoms with van der Waals surface area (Å²) in [6.07, 6.45) is 1.06. The molecule has 0 spiro atoms. The number of nitrogens with zero attached hydrogens (tertiary/aromatic N) is 1. The lowest BCUT2D eigenvalue weighted by Gasteiger charge is -2.12. The maximum atomic E-state index is 11.9. The van der Waals surface area contributed by atoms with Crippen molar-refractivity contribution in [2.24, 2.45) is 5.73 Å². The molecule has 0 aliphatic heterocycles. The Morgan fingerprint density at radius 1 is 1.17 bits per heavy atom. The van der Waals surface area contributed by atoms with Gasteiger partial charge < -0.3 is 15.6 Å². The lowest BCUT2D eigenvalue weighted by Crippen LogP contribution is -2.32. The molecule has 0 radical (unpaired) electrons. The number of esters is 1. The molecular weight excluding hydrogens is 339 g/mol. The van der Waals surface area contributed by atoms with Crippen molar-refractivity contribution in [3.05, 3.63) is 57.8 Å². The lowest BCUT2D eigenvalue weighted by atomic mass is 10.1. The number of aryl methyl sites for hydroxylation is 1. The number of aromatic nitrogens is 1. The molecule has 122 valence electrons. The molecule has 2 rings (SSSR count). The number of nitrogens with two attached hydrogens (primary N) is 1. The van der Waals surface area contributed by atoms with Crippen LogP contribution in [-0.2, 0) is 22.6 Å². The van der Waals surface area contributed by atoms with Gasteiger partial charge in [-0.15, -0.1) is 0 Å². The average molecular weight is 355 g/mol. The van der Waals surface area contributed by atoms with E-state index in [0.717, 1.165) is 5.56 Å². The van der Waals surface area contributed by atoms with Crippen LogP contribution in [0.15, 0.2) is 36.4 Å². The summed E-state index contributed by atoms with van der Waals surface area (Å²) >= 11 is 11.6. The molecule has 2 aromatic rings. The first-order chi connectivity index (χ1) is 10.9. The molecule has 1 heterocycles. The van der Waals surface area contributed by atoms with Crippen LogP contribution < -0.4 is 5.73 Å². The molecule has 23 heavy (non-hydrogen) atoms. The summed E-state index contributed by atoms with van der Waals surface area (Å²) in [5.74, 6) is -0.292. The standard InChI is InChI=1S/C16H16Cl2N2O3/c17-14-7-11(8-15(18)20-14)9-23-16(22)13(19)6-3-10-1-4-12(21)5-2-10/h1-2,4-5,7-8,13,21H,3,6,9,19H2/t13-/m0/s1. The second-order valence-corrected chi connectivity index (χ2v) is 5.81. The summed E-state index contributed by atoms with van der Waals surface area (Å²) < 4.78 is 5.16. The molecule has 0 saturated carbocycles. The third kappa shape index (κ3) is 5.71. The number of aromatic hydroxyl groups is 1. The number of halogens is 2. The monoisotopic (exact) mass is 354 g/mol. The Hall–Kier alpha value is -1.82. The number of rotatable bonds is 6. The summed E-state index contributed by atoms with van der Waals surface area (Å²) in [6.45, 7) is 0.0354. The van der Waals surface area contributed by atoms with E-state index in [1.165, 1.54) is 0 Å². The maximum Gasteiger partial charge on any atom is 0.323 e. The number of pyridine rings is 1. The van der Waals surface area contributed by atoms with Crippen molar-refractivity contribution < 1.29 is 14.6 Å². The first-order valence-electron chi connectivity index (χ1n) is 6.96. The van der Waals surface area contributed by atoms with Gasteiger partial charge in [0.05, 0.1) is 0 Å². The number of hydrogen-bond acceptors (Lipinski definition) is 5. The highest BCUT2D eigenvalue weighted by molar-refractivity contribution is 6.32. The van der Waals surface area contributed by atoms with E-state index in [1.54, 1.807) is 36.4 Å². The number of carbonyl (C=O) groups is 1. The molecule has 0 bridgehead atoms. The number of hydrogen-bond donors (Lipinski definition) is 2. The molecule has 3 N–H and O–H groups in total. The van der Waals surface area contributed by atoms with Gasteiger partial charge in [0.1, 0.15) is 28.7 Å². The van der Waals surface area contributed by atoms with Crippen LogP contribution in [0.2, 0.25) is 10.3 Å². The average Bonchev–Trinajstić information content (AvgIpc) is 2.51. The fourth-order valence-corrected chi connectivity index (χ4v) is 2.47. The summed E-state index contributed by atoms with van der Waals surface area (Å²) in [4.78, 5) is 15.7. The van der Waals surface area contributed by atoms with Gasteiger partial charge in [0.25, 0.3) is 0 Å². The minimum atomic E-state index is -0.725. The smallest absolute Gasteiger partial charge is 0.323 e. The van der Waals surface area contributed by atoms with Crippen LogP contribution in [0.5, 0.6) is 5.75 Å². The predicted octanol–water partition coefficient (Wildman–Crippen LogP) is 3.10.